The van der Waals surface area contributed by atoms with E-state index in [9.17, 15) is 4.79 Å². The lowest BCUT2D eigenvalue weighted by molar-refractivity contribution is -0.126. The fourth-order valence-corrected chi connectivity index (χ4v) is 1.98. The van der Waals surface area contributed by atoms with E-state index >= 15 is 0 Å². The molecule has 2 heterocycles. The van der Waals surface area contributed by atoms with Gasteiger partial charge in [0.25, 0.3) is 0 Å². The van der Waals surface area contributed by atoms with Gasteiger partial charge < -0.3 is 15.5 Å². The maximum atomic E-state index is 11.9. The third-order valence-corrected chi connectivity index (χ3v) is 3.08. The Balaban J connectivity index is 2.41. The van der Waals surface area contributed by atoms with Gasteiger partial charge in [0.2, 0.25) is 23.1 Å². The second kappa shape index (κ2) is 4.56. The van der Waals surface area contributed by atoms with Crippen LogP contribution in [0.4, 0.5) is 11.9 Å². The summed E-state index contributed by atoms with van der Waals surface area (Å²) in [4.78, 5) is 25.9. The summed E-state index contributed by atoms with van der Waals surface area (Å²) >= 11 is 5.85. The van der Waals surface area contributed by atoms with Crippen molar-refractivity contribution < 1.29 is 4.79 Å². The molecule has 1 saturated heterocycles. The van der Waals surface area contributed by atoms with Crippen molar-refractivity contribution in [1.82, 2.24) is 20.3 Å². The van der Waals surface area contributed by atoms with Gasteiger partial charge in [-0.25, -0.2) is 0 Å². The van der Waals surface area contributed by atoms with Crippen molar-refractivity contribution in [2.24, 2.45) is 0 Å². The highest BCUT2D eigenvalue weighted by atomic mass is 35.5. The molecule has 0 atom stereocenters. The first-order valence-corrected chi connectivity index (χ1v) is 5.98. The fourth-order valence-electron chi connectivity index (χ4n) is 1.82. The van der Waals surface area contributed by atoms with Crippen LogP contribution in [0.15, 0.2) is 0 Å². The highest BCUT2D eigenvalue weighted by Gasteiger charge is 2.39. The largest absolute Gasteiger partial charge is 0.357 e. The molecular formula is C10H15ClN6O. The standard InChI is InChI=1S/C10H15ClN6O/c1-10(2)6(18)13-4-5-17(10)9-15-7(11)14-8(12-3)16-9/h4-5H2,1-3H3,(H,13,18)(H,12,14,15,16). The molecule has 0 aromatic carbocycles. The average molecular weight is 271 g/mol. The van der Waals surface area contributed by atoms with Gasteiger partial charge in [0.1, 0.15) is 5.54 Å². The lowest BCUT2D eigenvalue weighted by Gasteiger charge is -2.41. The zero-order valence-electron chi connectivity index (χ0n) is 10.5. The molecule has 1 aromatic heterocycles. The Morgan fingerprint density at radius 1 is 1.39 bits per heavy atom. The van der Waals surface area contributed by atoms with Gasteiger partial charge in [-0.1, -0.05) is 0 Å². The molecular weight excluding hydrogens is 256 g/mol. The Labute approximate surface area is 110 Å². The van der Waals surface area contributed by atoms with Gasteiger partial charge in [-0.05, 0) is 25.4 Å². The summed E-state index contributed by atoms with van der Waals surface area (Å²) in [5, 5.41) is 5.73. The van der Waals surface area contributed by atoms with Gasteiger partial charge in [-0.15, -0.1) is 0 Å². The lowest BCUT2D eigenvalue weighted by atomic mass is 10.00. The van der Waals surface area contributed by atoms with Gasteiger partial charge in [-0.2, -0.15) is 15.0 Å². The Kier molecular flexibility index (Phi) is 3.25. The minimum Gasteiger partial charge on any atom is -0.357 e. The van der Waals surface area contributed by atoms with Crippen LogP contribution in [0.25, 0.3) is 0 Å². The molecule has 1 fully saturated rings. The Bertz CT molecular complexity index is 477. The van der Waals surface area contributed by atoms with Crippen LogP contribution in [0.1, 0.15) is 13.8 Å². The maximum Gasteiger partial charge on any atom is 0.245 e. The zero-order valence-corrected chi connectivity index (χ0v) is 11.2. The molecule has 7 nitrogen and oxygen atoms in total. The third-order valence-electron chi connectivity index (χ3n) is 2.91. The Morgan fingerprint density at radius 2 is 2.11 bits per heavy atom. The number of carbonyl (C=O) groups is 1. The molecule has 0 saturated carbocycles. The monoisotopic (exact) mass is 270 g/mol. The number of piperazine rings is 1. The average Bonchev–Trinajstić information content (AvgIpc) is 2.31. The quantitative estimate of drug-likeness (QED) is 0.803. The molecule has 0 unspecified atom stereocenters. The number of halogens is 1. The molecule has 0 aliphatic carbocycles. The lowest BCUT2D eigenvalue weighted by Crippen LogP contribution is -2.62. The topological polar surface area (TPSA) is 83.0 Å². The molecule has 0 bridgehead atoms. The maximum absolute atomic E-state index is 11.9. The highest BCUT2D eigenvalue weighted by Crippen LogP contribution is 2.24. The predicted molar refractivity (Wildman–Crippen MR) is 68.8 cm³/mol. The van der Waals surface area contributed by atoms with Crippen LogP contribution >= 0.6 is 11.6 Å². The van der Waals surface area contributed by atoms with Crippen LogP contribution in [0.2, 0.25) is 5.28 Å². The van der Waals surface area contributed by atoms with Crippen LogP contribution in [-0.4, -0.2) is 46.5 Å². The van der Waals surface area contributed by atoms with Gasteiger partial charge in [-0.3, -0.25) is 4.79 Å². The summed E-state index contributed by atoms with van der Waals surface area (Å²) in [6.45, 7) is 4.82. The normalized spacial score (nSPS) is 18.4. The summed E-state index contributed by atoms with van der Waals surface area (Å²) in [6.07, 6.45) is 0. The van der Waals surface area contributed by atoms with Crippen LogP contribution < -0.4 is 15.5 Å². The van der Waals surface area contributed by atoms with Crippen molar-refractivity contribution in [1.29, 1.82) is 0 Å². The molecule has 98 valence electrons. The number of aromatic nitrogens is 3. The number of hydrogen-bond acceptors (Lipinski definition) is 6. The summed E-state index contributed by atoms with van der Waals surface area (Å²) < 4.78 is 0. The number of carbonyl (C=O) groups excluding carboxylic acids is 1. The molecule has 2 rings (SSSR count). The first-order chi connectivity index (χ1) is 8.45. The predicted octanol–water partition coefficient (Wildman–Crippen LogP) is 0.281. The van der Waals surface area contributed by atoms with Crippen LogP contribution in [0.5, 0.6) is 0 Å². The Hall–Kier alpha value is -1.63. The molecule has 0 radical (unpaired) electrons. The fraction of sp³-hybridized carbons (Fsp3) is 0.600. The number of nitrogens with one attached hydrogen (secondary N) is 2. The van der Waals surface area contributed by atoms with E-state index in [1.165, 1.54) is 0 Å². The number of amides is 1. The van der Waals surface area contributed by atoms with Crippen molar-refractivity contribution in [2.75, 3.05) is 30.4 Å². The molecule has 1 aliphatic heterocycles. The molecule has 1 aromatic rings. The summed E-state index contributed by atoms with van der Waals surface area (Å²) in [5.74, 6) is 0.724. The number of hydrogen-bond donors (Lipinski definition) is 2. The van der Waals surface area contributed by atoms with Crippen molar-refractivity contribution in [2.45, 2.75) is 19.4 Å². The van der Waals surface area contributed by atoms with Crippen LogP contribution in [-0.2, 0) is 4.79 Å². The van der Waals surface area contributed by atoms with Gasteiger partial charge in [0, 0.05) is 20.1 Å². The molecule has 2 N–H and O–H groups in total. The first kappa shape index (κ1) is 12.8. The summed E-state index contributed by atoms with van der Waals surface area (Å²) in [5.41, 5.74) is -0.714. The van der Waals surface area contributed by atoms with E-state index in [2.05, 4.69) is 25.6 Å². The first-order valence-electron chi connectivity index (χ1n) is 5.60. The van der Waals surface area contributed by atoms with Crippen molar-refractivity contribution in [3.8, 4) is 0 Å². The highest BCUT2D eigenvalue weighted by molar-refractivity contribution is 6.28. The second-order valence-electron chi connectivity index (χ2n) is 4.44. The smallest absolute Gasteiger partial charge is 0.245 e. The van der Waals surface area contributed by atoms with Crippen molar-refractivity contribution in [3.05, 3.63) is 5.28 Å². The number of rotatable bonds is 2. The van der Waals surface area contributed by atoms with E-state index in [1.54, 1.807) is 7.05 Å². The van der Waals surface area contributed by atoms with E-state index in [4.69, 9.17) is 11.6 Å². The van der Waals surface area contributed by atoms with Gasteiger partial charge in [0.15, 0.2) is 0 Å². The second-order valence-corrected chi connectivity index (χ2v) is 4.78. The summed E-state index contributed by atoms with van der Waals surface area (Å²) in [7, 11) is 1.70. The minimum atomic E-state index is -0.714. The van der Waals surface area contributed by atoms with E-state index in [-0.39, 0.29) is 11.2 Å². The van der Waals surface area contributed by atoms with Crippen molar-refractivity contribution >= 4 is 29.4 Å². The molecule has 18 heavy (non-hydrogen) atoms. The molecule has 1 amide bonds. The van der Waals surface area contributed by atoms with E-state index in [1.807, 2.05) is 18.7 Å². The minimum absolute atomic E-state index is 0.0590. The molecule has 8 heteroatoms. The zero-order chi connectivity index (χ0) is 13.3. The number of anilines is 2. The van der Waals surface area contributed by atoms with Crippen LogP contribution in [0.3, 0.4) is 0 Å². The molecule has 0 spiro atoms. The number of nitrogens with zero attached hydrogens (tertiary/aromatic N) is 4. The van der Waals surface area contributed by atoms with Gasteiger partial charge >= 0.3 is 0 Å². The Morgan fingerprint density at radius 3 is 2.78 bits per heavy atom. The summed E-state index contributed by atoms with van der Waals surface area (Å²) in [6, 6.07) is 0. The van der Waals surface area contributed by atoms with E-state index in [0.717, 1.165) is 0 Å². The SMILES string of the molecule is CNc1nc(Cl)nc(N2CCNC(=O)C2(C)C)n1. The molecule has 1 aliphatic rings. The van der Waals surface area contributed by atoms with Gasteiger partial charge in [0.05, 0.1) is 0 Å². The van der Waals surface area contributed by atoms with E-state index in [0.29, 0.717) is 25.0 Å². The third kappa shape index (κ3) is 2.17. The van der Waals surface area contributed by atoms with Crippen LogP contribution in [0, 0.1) is 0 Å². The van der Waals surface area contributed by atoms with E-state index < -0.39 is 5.54 Å². The van der Waals surface area contributed by atoms with Crippen molar-refractivity contribution in [3.63, 3.8) is 0 Å².